The lowest BCUT2D eigenvalue weighted by atomic mass is 9.26. The molecule has 3 amide bonds. The predicted octanol–water partition coefficient (Wildman–Crippen LogP) is 1.12. The number of methoxy groups -OCH3 is 1. The van der Waals surface area contributed by atoms with Crippen LogP contribution in [0.2, 0.25) is 5.11 Å². The highest BCUT2D eigenvalue weighted by Gasteiger charge is 2.48. The lowest BCUT2D eigenvalue weighted by molar-refractivity contribution is -0.263. The average molecular weight is 688 g/mol. The Hall–Kier alpha value is -3.61. The summed E-state index contributed by atoms with van der Waals surface area (Å²) in [5.41, 5.74) is -0.925. The first-order valence-corrected chi connectivity index (χ1v) is 14.2. The molecule has 4 heterocycles. The fourth-order valence-electron chi connectivity index (χ4n) is 3.88. The van der Waals surface area contributed by atoms with Crippen molar-refractivity contribution in [2.45, 2.75) is 61.3 Å². The number of ether oxygens (including phenoxy) is 2. The van der Waals surface area contributed by atoms with Crippen LogP contribution in [0.15, 0.2) is 30.7 Å². The number of amides is 3. The van der Waals surface area contributed by atoms with E-state index in [4.69, 9.17) is 44.0 Å². The van der Waals surface area contributed by atoms with Crippen LogP contribution < -0.4 is 10.6 Å². The molecule has 10 radical (unpaired) electrons. The topological polar surface area (TPSA) is 128 Å². The molecule has 0 aromatic carbocycles. The van der Waals surface area contributed by atoms with Gasteiger partial charge in [-0.2, -0.15) is 36.5 Å². The van der Waals surface area contributed by atoms with Crippen LogP contribution in [0.5, 0.6) is 0 Å². The Balaban J connectivity index is 0.000000369. The zero-order chi connectivity index (χ0) is 37.6. The lowest BCUT2D eigenvalue weighted by Gasteiger charge is -2.42. The molecule has 23 heteroatoms. The minimum atomic E-state index is -4.53. The van der Waals surface area contributed by atoms with E-state index in [-0.39, 0.29) is 25.3 Å². The highest BCUT2D eigenvalue weighted by Crippen LogP contribution is 2.33. The second kappa shape index (κ2) is 16.0. The van der Waals surface area contributed by atoms with Gasteiger partial charge < -0.3 is 25.0 Å². The van der Waals surface area contributed by atoms with Gasteiger partial charge in [-0.1, -0.05) is 0 Å². The van der Waals surface area contributed by atoms with Crippen LogP contribution in [-0.2, 0) is 27.8 Å². The van der Waals surface area contributed by atoms with Crippen molar-refractivity contribution < 1.29 is 45.4 Å². The van der Waals surface area contributed by atoms with Gasteiger partial charge in [0.2, 0.25) is 0 Å². The maximum atomic E-state index is 12.8. The number of rotatable bonds is 9. The van der Waals surface area contributed by atoms with Gasteiger partial charge in [0.25, 0.3) is 5.91 Å². The summed E-state index contributed by atoms with van der Waals surface area (Å²) in [6.07, 6.45) is -4.69. The number of alkyl halides is 6. The number of carbonyl (C=O) groups is 2. The normalized spacial score (nSPS) is 15.6. The molecule has 49 heavy (non-hydrogen) atoms. The van der Waals surface area contributed by atoms with E-state index in [0.717, 1.165) is 23.4 Å². The zero-order valence-corrected chi connectivity index (χ0v) is 27.3. The third-order valence-electron chi connectivity index (χ3n) is 6.83. The molecule has 3 aromatic rings. The van der Waals surface area contributed by atoms with Crippen LogP contribution in [0.3, 0.4) is 0 Å². The third-order valence-corrected chi connectivity index (χ3v) is 6.83. The molecular formula is C26H31B5F6N8O4. The summed E-state index contributed by atoms with van der Waals surface area (Å²) in [4.78, 5) is 28.5. The summed E-state index contributed by atoms with van der Waals surface area (Å²) in [6, 6.07) is 0.205. The molecule has 1 aliphatic heterocycles. The number of halogens is 6. The summed E-state index contributed by atoms with van der Waals surface area (Å²) in [6.45, 7) is 1.05. The molecule has 1 atom stereocenters. The minimum Gasteiger partial charge on any atom is -0.388 e. The van der Waals surface area contributed by atoms with E-state index in [2.05, 4.69) is 25.2 Å². The maximum absolute atomic E-state index is 12.8. The summed E-state index contributed by atoms with van der Waals surface area (Å²) < 4.78 is 88.2. The first-order valence-electron chi connectivity index (χ1n) is 14.2. The highest BCUT2D eigenvalue weighted by atomic mass is 19.4. The standard InChI is InChI=1S/C17H19F6N5O2.C7H6B5N3O.C2H6O/c1-15(2,17(21,22)23)30-4-3-11-8-28-13(25-11)5-10(6-24-28)7-27-9-12(16(18,19)20)26-14(27)29;1-13-5(16)4-2-3-14-15(4)7(11,12)6(8,9)10;1-3-2/h5-6,8,12H,3-4,7,9H2,1-2H3,(H,26,29);2-3H,1H3,(H,13,16);1-2H3. The molecule has 1 unspecified atom stereocenters. The van der Waals surface area contributed by atoms with Gasteiger partial charge >= 0.3 is 18.4 Å². The smallest absolute Gasteiger partial charge is 0.388 e. The van der Waals surface area contributed by atoms with Crippen molar-refractivity contribution in [2.75, 3.05) is 34.4 Å². The van der Waals surface area contributed by atoms with E-state index in [9.17, 15) is 35.9 Å². The van der Waals surface area contributed by atoms with Gasteiger partial charge in [0, 0.05) is 40.4 Å². The van der Waals surface area contributed by atoms with Crippen molar-refractivity contribution in [3.8, 4) is 0 Å². The molecule has 0 bridgehead atoms. The van der Waals surface area contributed by atoms with E-state index in [0.29, 0.717) is 16.9 Å². The van der Waals surface area contributed by atoms with Crippen molar-refractivity contribution in [2.24, 2.45) is 0 Å². The van der Waals surface area contributed by atoms with Gasteiger partial charge in [-0.3, -0.25) is 9.48 Å². The number of urea groups is 1. The number of nitrogens with one attached hydrogen (secondary N) is 2. The zero-order valence-electron chi connectivity index (χ0n) is 27.3. The molecule has 3 aromatic heterocycles. The summed E-state index contributed by atoms with van der Waals surface area (Å²) in [5.74, 6) is -0.429. The van der Waals surface area contributed by atoms with Crippen LogP contribution in [-0.4, -0.2) is 139 Å². The number of fused-ring (bicyclic) bond motifs is 1. The van der Waals surface area contributed by atoms with Gasteiger partial charge in [0.15, 0.2) is 11.2 Å². The number of imidazole rings is 1. The minimum absolute atomic E-state index is 0.0903. The summed E-state index contributed by atoms with van der Waals surface area (Å²) >= 11 is 0. The highest BCUT2D eigenvalue weighted by molar-refractivity contribution is 6.66. The SMILES string of the molecule is CC(C)(OCCc1cn2ncc(CN3CC(C(F)(F)F)NC3=O)cc2n1)C(F)(F)F.COC.[B]C([B])([B])C([B])([B])n1nccc1C(=O)NC. The van der Waals surface area contributed by atoms with Crippen LogP contribution in [0.1, 0.15) is 35.6 Å². The summed E-state index contributed by atoms with van der Waals surface area (Å²) in [7, 11) is 32.3. The number of carbonyl (C=O) groups excluding carboxylic acids is 2. The molecule has 4 rings (SSSR count). The van der Waals surface area contributed by atoms with Gasteiger partial charge in [0.05, 0.1) is 70.5 Å². The molecule has 0 spiro atoms. The Morgan fingerprint density at radius 1 is 1.08 bits per heavy atom. The maximum Gasteiger partial charge on any atom is 0.416 e. The number of hydrogen-bond donors (Lipinski definition) is 2. The van der Waals surface area contributed by atoms with Crippen molar-refractivity contribution in [1.29, 1.82) is 0 Å². The van der Waals surface area contributed by atoms with Crippen molar-refractivity contribution >= 4 is 56.8 Å². The molecular weight excluding hydrogens is 656 g/mol. The fourth-order valence-corrected chi connectivity index (χ4v) is 3.88. The predicted molar refractivity (Wildman–Crippen MR) is 170 cm³/mol. The lowest BCUT2D eigenvalue weighted by Crippen LogP contribution is -2.50. The van der Waals surface area contributed by atoms with E-state index >= 15 is 0 Å². The second-order valence-electron chi connectivity index (χ2n) is 11.3. The largest absolute Gasteiger partial charge is 0.416 e. The number of aromatic nitrogens is 5. The van der Waals surface area contributed by atoms with Gasteiger partial charge in [-0.15, -0.1) is 5.11 Å². The fraction of sp³-hybridized carbons (Fsp3) is 0.577. The Morgan fingerprint density at radius 2 is 1.69 bits per heavy atom. The van der Waals surface area contributed by atoms with Crippen molar-refractivity contribution in [3.63, 3.8) is 0 Å². The molecule has 1 fully saturated rings. The summed E-state index contributed by atoms with van der Waals surface area (Å²) in [5, 5.41) is 8.33. The second-order valence-corrected chi connectivity index (χ2v) is 11.3. The first kappa shape index (κ1) is 41.6. The molecule has 0 aliphatic carbocycles. The Morgan fingerprint density at radius 3 is 2.20 bits per heavy atom. The molecule has 0 saturated carbocycles. The number of nitrogens with zero attached hydrogens (tertiary/aromatic N) is 6. The Labute approximate surface area is 285 Å². The molecule has 1 saturated heterocycles. The van der Waals surface area contributed by atoms with E-state index in [1.807, 2.05) is 5.32 Å². The molecule has 2 N–H and O–H groups in total. The van der Waals surface area contributed by atoms with E-state index in [1.165, 1.54) is 36.2 Å². The monoisotopic (exact) mass is 688 g/mol. The van der Waals surface area contributed by atoms with Crippen LogP contribution in [0.25, 0.3) is 5.65 Å². The van der Waals surface area contributed by atoms with Crippen LogP contribution in [0, 0.1) is 0 Å². The van der Waals surface area contributed by atoms with Gasteiger partial charge in [-0.25, -0.2) is 14.3 Å². The van der Waals surface area contributed by atoms with E-state index < -0.39 is 52.9 Å². The van der Waals surface area contributed by atoms with Crippen molar-refractivity contribution in [3.05, 3.63) is 47.7 Å². The third kappa shape index (κ3) is 10.7. The molecule has 12 nitrogen and oxygen atoms in total. The van der Waals surface area contributed by atoms with Crippen molar-refractivity contribution in [1.82, 2.24) is 39.9 Å². The Bertz CT molecular complexity index is 1560. The van der Waals surface area contributed by atoms with Crippen LogP contribution in [0.4, 0.5) is 31.1 Å². The quantitative estimate of drug-likeness (QED) is 0.255. The molecule has 1 aliphatic rings. The average Bonchev–Trinajstić information content (AvgIpc) is 3.70. The van der Waals surface area contributed by atoms with Gasteiger partial charge in [-0.05, 0) is 36.9 Å². The first-order chi connectivity index (χ1) is 22.4. The van der Waals surface area contributed by atoms with E-state index in [1.54, 1.807) is 20.3 Å². The van der Waals surface area contributed by atoms with Gasteiger partial charge in [0.1, 0.15) is 11.7 Å². The molecule has 256 valence electrons. The van der Waals surface area contributed by atoms with Crippen LogP contribution >= 0.6 is 0 Å². The Kier molecular flexibility index (Phi) is 13.5. The number of hydrogen-bond acceptors (Lipinski definition) is 7.